The van der Waals surface area contributed by atoms with Crippen molar-refractivity contribution in [2.45, 2.75) is 26.3 Å². The number of benzene rings is 2. The maximum absolute atomic E-state index is 12.5. The van der Waals surface area contributed by atoms with E-state index in [-0.39, 0.29) is 11.9 Å². The highest BCUT2D eigenvalue weighted by Crippen LogP contribution is 2.34. The standard InChI is InChI=1S/C21H25N3O4/c1-4-19(25)24-11-10-14-8-9-16(12-15(14)13-24)22-21(26)23-17-6-5-7-18(27-2)20(17)28-3/h5-9,12H,4,10-11,13H2,1-3H3,(H2,22,23,26). The third kappa shape index (κ3) is 4.19. The van der Waals surface area contributed by atoms with Gasteiger partial charge in [-0.2, -0.15) is 0 Å². The minimum Gasteiger partial charge on any atom is -0.493 e. The zero-order valence-electron chi connectivity index (χ0n) is 16.4. The Kier molecular flexibility index (Phi) is 6.03. The Bertz CT molecular complexity index is 882. The lowest BCUT2D eigenvalue weighted by Gasteiger charge is -2.29. The van der Waals surface area contributed by atoms with Crippen LogP contribution in [0.4, 0.5) is 16.2 Å². The second-order valence-corrected chi connectivity index (χ2v) is 6.52. The van der Waals surface area contributed by atoms with Crippen LogP contribution in [0.5, 0.6) is 11.5 Å². The zero-order chi connectivity index (χ0) is 20.1. The van der Waals surface area contributed by atoms with Crippen molar-refractivity contribution >= 4 is 23.3 Å². The quantitative estimate of drug-likeness (QED) is 0.826. The number of rotatable bonds is 5. The lowest BCUT2D eigenvalue weighted by Crippen LogP contribution is -2.35. The molecule has 3 rings (SSSR count). The van der Waals surface area contributed by atoms with Gasteiger partial charge in [0.05, 0.1) is 19.9 Å². The Balaban J connectivity index is 1.71. The molecule has 2 aromatic rings. The first-order valence-corrected chi connectivity index (χ1v) is 9.24. The third-order valence-corrected chi connectivity index (χ3v) is 4.78. The van der Waals surface area contributed by atoms with E-state index in [2.05, 4.69) is 10.6 Å². The van der Waals surface area contributed by atoms with Crippen molar-refractivity contribution in [1.82, 2.24) is 4.90 Å². The smallest absolute Gasteiger partial charge is 0.323 e. The van der Waals surface area contributed by atoms with E-state index in [1.54, 1.807) is 25.3 Å². The van der Waals surface area contributed by atoms with Crippen molar-refractivity contribution in [2.75, 3.05) is 31.4 Å². The third-order valence-electron chi connectivity index (χ3n) is 4.78. The molecule has 0 unspecified atom stereocenters. The van der Waals surface area contributed by atoms with E-state index in [9.17, 15) is 9.59 Å². The summed E-state index contributed by atoms with van der Waals surface area (Å²) < 4.78 is 10.6. The summed E-state index contributed by atoms with van der Waals surface area (Å²) in [5.74, 6) is 1.14. The van der Waals surface area contributed by atoms with Gasteiger partial charge in [-0.15, -0.1) is 0 Å². The minimum absolute atomic E-state index is 0.145. The Morgan fingerprint density at radius 1 is 1.07 bits per heavy atom. The Labute approximate surface area is 164 Å². The molecule has 0 aliphatic carbocycles. The van der Waals surface area contributed by atoms with Gasteiger partial charge in [-0.3, -0.25) is 4.79 Å². The number of nitrogens with zero attached hydrogens (tertiary/aromatic N) is 1. The van der Waals surface area contributed by atoms with Crippen LogP contribution in [0.3, 0.4) is 0 Å². The van der Waals surface area contributed by atoms with E-state index < -0.39 is 0 Å². The normalized spacial score (nSPS) is 12.8. The first-order chi connectivity index (χ1) is 13.5. The summed E-state index contributed by atoms with van der Waals surface area (Å²) in [6, 6.07) is 10.7. The first-order valence-electron chi connectivity index (χ1n) is 9.24. The fraction of sp³-hybridized carbons (Fsp3) is 0.333. The van der Waals surface area contributed by atoms with Crippen LogP contribution in [-0.2, 0) is 17.8 Å². The van der Waals surface area contributed by atoms with E-state index in [0.717, 1.165) is 18.5 Å². The summed E-state index contributed by atoms with van der Waals surface area (Å²) >= 11 is 0. The molecule has 0 saturated carbocycles. The number of amides is 3. The number of urea groups is 1. The summed E-state index contributed by atoms with van der Waals surface area (Å²) in [6.07, 6.45) is 1.33. The molecule has 2 aromatic carbocycles. The summed E-state index contributed by atoms with van der Waals surface area (Å²) in [6.45, 7) is 3.18. The van der Waals surface area contributed by atoms with Gasteiger partial charge in [0.25, 0.3) is 0 Å². The van der Waals surface area contributed by atoms with Crippen molar-refractivity contribution in [3.8, 4) is 11.5 Å². The summed E-state index contributed by atoms with van der Waals surface area (Å²) in [7, 11) is 3.06. The number of fused-ring (bicyclic) bond motifs is 1. The fourth-order valence-corrected chi connectivity index (χ4v) is 3.34. The van der Waals surface area contributed by atoms with E-state index in [4.69, 9.17) is 9.47 Å². The molecule has 1 aliphatic rings. The van der Waals surface area contributed by atoms with Gasteiger partial charge in [0.1, 0.15) is 0 Å². The number of carbonyl (C=O) groups excluding carboxylic acids is 2. The molecule has 28 heavy (non-hydrogen) atoms. The van der Waals surface area contributed by atoms with Gasteiger partial charge in [0.15, 0.2) is 11.5 Å². The van der Waals surface area contributed by atoms with Crippen LogP contribution in [0.25, 0.3) is 0 Å². The van der Waals surface area contributed by atoms with Crippen LogP contribution in [0.2, 0.25) is 0 Å². The number of hydrogen-bond acceptors (Lipinski definition) is 4. The first kappa shape index (κ1) is 19.5. The predicted octanol–water partition coefficient (Wildman–Crippen LogP) is 3.64. The molecule has 0 aromatic heterocycles. The molecule has 1 heterocycles. The molecule has 3 amide bonds. The second-order valence-electron chi connectivity index (χ2n) is 6.52. The predicted molar refractivity (Wildman–Crippen MR) is 108 cm³/mol. The number of hydrogen-bond donors (Lipinski definition) is 2. The van der Waals surface area contributed by atoms with E-state index in [1.807, 2.05) is 30.0 Å². The number of anilines is 2. The topological polar surface area (TPSA) is 79.9 Å². The average Bonchev–Trinajstić information content (AvgIpc) is 2.72. The molecule has 0 spiro atoms. The van der Waals surface area contributed by atoms with Gasteiger partial charge in [0.2, 0.25) is 5.91 Å². The van der Waals surface area contributed by atoms with Gasteiger partial charge in [0, 0.05) is 25.2 Å². The number of ether oxygens (including phenoxy) is 2. The minimum atomic E-state index is -0.385. The fourth-order valence-electron chi connectivity index (χ4n) is 3.34. The molecule has 2 N–H and O–H groups in total. The van der Waals surface area contributed by atoms with Crippen molar-refractivity contribution < 1.29 is 19.1 Å². The molecule has 7 nitrogen and oxygen atoms in total. The van der Waals surface area contributed by atoms with Gasteiger partial charge in [-0.1, -0.05) is 19.1 Å². The summed E-state index contributed by atoms with van der Waals surface area (Å²) in [5, 5.41) is 5.62. The molecular formula is C21H25N3O4. The van der Waals surface area contributed by atoms with Crippen molar-refractivity contribution in [3.05, 3.63) is 47.5 Å². The lowest BCUT2D eigenvalue weighted by atomic mass is 9.99. The van der Waals surface area contributed by atoms with Crippen LogP contribution >= 0.6 is 0 Å². The van der Waals surface area contributed by atoms with E-state index in [1.165, 1.54) is 12.7 Å². The monoisotopic (exact) mass is 383 g/mol. The molecule has 0 atom stereocenters. The molecular weight excluding hydrogens is 358 g/mol. The van der Waals surface area contributed by atoms with Crippen LogP contribution in [-0.4, -0.2) is 37.6 Å². The second kappa shape index (κ2) is 8.65. The Morgan fingerprint density at radius 3 is 2.61 bits per heavy atom. The summed E-state index contributed by atoms with van der Waals surface area (Å²) in [4.78, 5) is 26.3. The highest BCUT2D eigenvalue weighted by Gasteiger charge is 2.20. The van der Waals surface area contributed by atoms with Crippen molar-refractivity contribution in [1.29, 1.82) is 0 Å². The molecule has 0 saturated heterocycles. The Hall–Kier alpha value is -3.22. The van der Waals surface area contributed by atoms with Crippen LogP contribution in [0, 0.1) is 0 Å². The highest BCUT2D eigenvalue weighted by molar-refractivity contribution is 6.01. The van der Waals surface area contributed by atoms with Crippen LogP contribution in [0.1, 0.15) is 24.5 Å². The number of carbonyl (C=O) groups is 2. The molecule has 0 bridgehead atoms. The number of methoxy groups -OCH3 is 2. The SMILES string of the molecule is CCC(=O)N1CCc2ccc(NC(=O)Nc3cccc(OC)c3OC)cc2C1. The van der Waals surface area contributed by atoms with E-state index >= 15 is 0 Å². The van der Waals surface area contributed by atoms with Gasteiger partial charge in [-0.05, 0) is 41.8 Å². The van der Waals surface area contributed by atoms with Crippen LogP contribution < -0.4 is 20.1 Å². The lowest BCUT2D eigenvalue weighted by molar-refractivity contribution is -0.131. The van der Waals surface area contributed by atoms with Crippen molar-refractivity contribution in [3.63, 3.8) is 0 Å². The molecule has 148 valence electrons. The van der Waals surface area contributed by atoms with Gasteiger partial charge < -0.3 is 25.0 Å². The molecule has 0 fully saturated rings. The van der Waals surface area contributed by atoms with Crippen molar-refractivity contribution in [2.24, 2.45) is 0 Å². The maximum Gasteiger partial charge on any atom is 0.323 e. The van der Waals surface area contributed by atoms with Gasteiger partial charge >= 0.3 is 6.03 Å². The van der Waals surface area contributed by atoms with Gasteiger partial charge in [-0.25, -0.2) is 4.79 Å². The highest BCUT2D eigenvalue weighted by atomic mass is 16.5. The Morgan fingerprint density at radius 2 is 1.89 bits per heavy atom. The molecule has 0 radical (unpaired) electrons. The number of para-hydroxylation sites is 1. The number of nitrogens with one attached hydrogen (secondary N) is 2. The summed E-state index contributed by atoms with van der Waals surface area (Å²) in [5.41, 5.74) is 3.45. The van der Waals surface area contributed by atoms with Crippen LogP contribution in [0.15, 0.2) is 36.4 Å². The van der Waals surface area contributed by atoms with E-state index in [0.29, 0.717) is 35.8 Å². The zero-order valence-corrected chi connectivity index (χ0v) is 16.4. The maximum atomic E-state index is 12.5. The average molecular weight is 383 g/mol. The molecule has 1 aliphatic heterocycles. The molecule has 7 heteroatoms. The largest absolute Gasteiger partial charge is 0.493 e.